The molecule has 0 aromatic heterocycles. The van der Waals surface area contributed by atoms with Crippen LogP contribution in [0.5, 0.6) is 0 Å². The maximum Gasteiger partial charge on any atom is 0.0610 e. The van der Waals surface area contributed by atoms with E-state index in [-0.39, 0.29) is 12.1 Å². The minimum absolute atomic E-state index is 0.0663. The Labute approximate surface area is 88.1 Å². The number of nitrogens with one attached hydrogen (secondary N) is 1. The molecule has 2 nitrogen and oxygen atoms in total. The van der Waals surface area contributed by atoms with Gasteiger partial charge in [0.15, 0.2) is 0 Å². The summed E-state index contributed by atoms with van der Waals surface area (Å²) in [7, 11) is 0. The van der Waals surface area contributed by atoms with Gasteiger partial charge in [-0.05, 0) is 32.1 Å². The Morgan fingerprint density at radius 2 is 1.93 bits per heavy atom. The smallest absolute Gasteiger partial charge is 0.0610 e. The molecule has 0 spiro atoms. The van der Waals surface area contributed by atoms with E-state index >= 15 is 0 Å². The molecule has 0 aromatic carbocycles. The molecule has 14 heavy (non-hydrogen) atoms. The molecule has 2 heteroatoms. The molecule has 1 aliphatic carbocycles. The average Bonchev–Trinajstić information content (AvgIpc) is 2.55. The first-order valence-corrected chi connectivity index (χ1v) is 5.94. The number of hydrogen-bond donors (Lipinski definition) is 2. The molecule has 0 radical (unpaired) electrons. The van der Waals surface area contributed by atoms with Gasteiger partial charge in [0.2, 0.25) is 0 Å². The molecule has 0 heterocycles. The van der Waals surface area contributed by atoms with Gasteiger partial charge in [0.25, 0.3) is 0 Å². The van der Waals surface area contributed by atoms with E-state index in [0.29, 0.717) is 12.0 Å². The lowest BCUT2D eigenvalue weighted by Gasteiger charge is -2.33. The van der Waals surface area contributed by atoms with E-state index in [0.717, 1.165) is 6.42 Å². The summed E-state index contributed by atoms with van der Waals surface area (Å²) in [5.41, 5.74) is -0.0663. The number of rotatable bonds is 5. The quantitative estimate of drug-likeness (QED) is 0.712. The summed E-state index contributed by atoms with van der Waals surface area (Å²) < 4.78 is 0. The fraction of sp³-hybridized carbons (Fsp3) is 1.00. The van der Waals surface area contributed by atoms with E-state index in [1.165, 1.54) is 25.7 Å². The van der Waals surface area contributed by atoms with Crippen LogP contribution in [-0.2, 0) is 0 Å². The third-order valence-corrected chi connectivity index (χ3v) is 3.12. The zero-order valence-electron chi connectivity index (χ0n) is 9.84. The van der Waals surface area contributed by atoms with Crippen molar-refractivity contribution in [1.82, 2.24) is 5.32 Å². The summed E-state index contributed by atoms with van der Waals surface area (Å²) in [6, 6.07) is 0.644. The van der Waals surface area contributed by atoms with Crippen LogP contribution in [0.4, 0.5) is 0 Å². The van der Waals surface area contributed by atoms with Gasteiger partial charge in [-0.1, -0.05) is 26.7 Å². The van der Waals surface area contributed by atoms with Crippen molar-refractivity contribution >= 4 is 0 Å². The first-order chi connectivity index (χ1) is 6.56. The summed E-state index contributed by atoms with van der Waals surface area (Å²) >= 11 is 0. The number of hydrogen-bond acceptors (Lipinski definition) is 2. The second-order valence-corrected chi connectivity index (χ2v) is 5.44. The second-order valence-electron chi connectivity index (χ2n) is 5.44. The third-order valence-electron chi connectivity index (χ3n) is 3.12. The van der Waals surface area contributed by atoms with Crippen molar-refractivity contribution in [3.05, 3.63) is 0 Å². The van der Waals surface area contributed by atoms with Crippen molar-refractivity contribution in [1.29, 1.82) is 0 Å². The standard InChI is InChI=1S/C12H25NO/c1-10(2)8-12(3,9-14)13-11-6-4-5-7-11/h10-11,13-14H,4-9H2,1-3H3. The normalized spacial score (nSPS) is 22.9. The Hall–Kier alpha value is -0.0800. The van der Waals surface area contributed by atoms with Gasteiger partial charge in [-0.2, -0.15) is 0 Å². The van der Waals surface area contributed by atoms with Crippen LogP contribution in [0.3, 0.4) is 0 Å². The van der Waals surface area contributed by atoms with E-state index in [2.05, 4.69) is 26.1 Å². The molecule has 1 saturated carbocycles. The maximum absolute atomic E-state index is 9.43. The van der Waals surface area contributed by atoms with E-state index in [1.807, 2.05) is 0 Å². The van der Waals surface area contributed by atoms with Crippen LogP contribution in [0.25, 0.3) is 0 Å². The number of aliphatic hydroxyl groups excluding tert-OH is 1. The molecule has 1 atom stereocenters. The summed E-state index contributed by atoms with van der Waals surface area (Å²) in [6.07, 6.45) is 6.32. The molecule has 0 aliphatic heterocycles. The van der Waals surface area contributed by atoms with Gasteiger partial charge in [0.1, 0.15) is 0 Å². The largest absolute Gasteiger partial charge is 0.394 e. The minimum atomic E-state index is -0.0663. The van der Waals surface area contributed by atoms with Crippen LogP contribution in [0, 0.1) is 5.92 Å². The average molecular weight is 199 g/mol. The molecule has 1 fully saturated rings. The van der Waals surface area contributed by atoms with Crippen molar-refractivity contribution in [2.75, 3.05) is 6.61 Å². The van der Waals surface area contributed by atoms with E-state index in [1.54, 1.807) is 0 Å². The lowest BCUT2D eigenvalue weighted by atomic mass is 9.90. The third kappa shape index (κ3) is 3.58. The molecule has 0 bridgehead atoms. The molecule has 2 N–H and O–H groups in total. The first-order valence-electron chi connectivity index (χ1n) is 5.94. The van der Waals surface area contributed by atoms with Crippen molar-refractivity contribution in [3.63, 3.8) is 0 Å². The van der Waals surface area contributed by atoms with Crippen LogP contribution in [0.2, 0.25) is 0 Å². The van der Waals surface area contributed by atoms with Gasteiger partial charge in [0.05, 0.1) is 6.61 Å². The van der Waals surface area contributed by atoms with Gasteiger partial charge < -0.3 is 10.4 Å². The monoisotopic (exact) mass is 199 g/mol. The van der Waals surface area contributed by atoms with Crippen molar-refractivity contribution in [3.8, 4) is 0 Å². The second kappa shape index (κ2) is 5.13. The fourth-order valence-corrected chi connectivity index (χ4v) is 2.63. The van der Waals surface area contributed by atoms with E-state index in [9.17, 15) is 5.11 Å². The van der Waals surface area contributed by atoms with E-state index in [4.69, 9.17) is 0 Å². The topological polar surface area (TPSA) is 32.3 Å². The van der Waals surface area contributed by atoms with Gasteiger partial charge in [-0.25, -0.2) is 0 Å². The maximum atomic E-state index is 9.43. The molecule has 0 amide bonds. The molecule has 0 saturated heterocycles. The first kappa shape index (κ1) is 12.0. The molecular weight excluding hydrogens is 174 g/mol. The highest BCUT2D eigenvalue weighted by molar-refractivity contribution is 4.88. The summed E-state index contributed by atoms with van der Waals surface area (Å²) in [4.78, 5) is 0. The van der Waals surface area contributed by atoms with Crippen molar-refractivity contribution in [2.24, 2.45) is 5.92 Å². The Morgan fingerprint density at radius 1 is 1.36 bits per heavy atom. The molecule has 1 unspecified atom stereocenters. The Kier molecular flexibility index (Phi) is 4.39. The Morgan fingerprint density at radius 3 is 2.36 bits per heavy atom. The molecule has 84 valence electrons. The van der Waals surface area contributed by atoms with Crippen LogP contribution in [0.15, 0.2) is 0 Å². The van der Waals surface area contributed by atoms with Gasteiger partial charge in [-0.15, -0.1) is 0 Å². The number of aliphatic hydroxyl groups is 1. The van der Waals surface area contributed by atoms with Gasteiger partial charge >= 0.3 is 0 Å². The van der Waals surface area contributed by atoms with Crippen molar-refractivity contribution in [2.45, 2.75) is 64.5 Å². The molecular formula is C12H25NO. The van der Waals surface area contributed by atoms with Gasteiger partial charge in [-0.3, -0.25) is 0 Å². The Balaban J connectivity index is 2.42. The van der Waals surface area contributed by atoms with E-state index < -0.39 is 0 Å². The molecule has 1 rings (SSSR count). The highest BCUT2D eigenvalue weighted by atomic mass is 16.3. The van der Waals surface area contributed by atoms with Crippen LogP contribution in [0.1, 0.15) is 52.9 Å². The zero-order valence-corrected chi connectivity index (χ0v) is 9.84. The summed E-state index contributed by atoms with van der Waals surface area (Å²) in [6.45, 7) is 6.82. The SMILES string of the molecule is CC(C)CC(C)(CO)NC1CCCC1. The van der Waals surface area contributed by atoms with Crippen LogP contribution in [-0.4, -0.2) is 23.3 Å². The highest BCUT2D eigenvalue weighted by Crippen LogP contribution is 2.23. The summed E-state index contributed by atoms with van der Waals surface area (Å²) in [5.74, 6) is 0.640. The lowest BCUT2D eigenvalue weighted by Crippen LogP contribution is -2.50. The fourth-order valence-electron chi connectivity index (χ4n) is 2.63. The molecule has 0 aromatic rings. The minimum Gasteiger partial charge on any atom is -0.394 e. The van der Waals surface area contributed by atoms with Gasteiger partial charge in [0, 0.05) is 11.6 Å². The zero-order chi connectivity index (χ0) is 10.6. The Bertz CT molecular complexity index is 164. The molecule has 1 aliphatic rings. The predicted molar refractivity (Wildman–Crippen MR) is 60.3 cm³/mol. The van der Waals surface area contributed by atoms with Crippen LogP contribution < -0.4 is 5.32 Å². The van der Waals surface area contributed by atoms with Crippen LogP contribution >= 0.6 is 0 Å². The predicted octanol–water partition coefficient (Wildman–Crippen LogP) is 2.32. The lowest BCUT2D eigenvalue weighted by molar-refractivity contribution is 0.140. The summed E-state index contributed by atoms with van der Waals surface area (Å²) in [5, 5.41) is 13.1. The highest BCUT2D eigenvalue weighted by Gasteiger charge is 2.28. The van der Waals surface area contributed by atoms with Crippen molar-refractivity contribution < 1.29 is 5.11 Å².